The number of aromatic nitrogens is 1. The summed E-state index contributed by atoms with van der Waals surface area (Å²) in [6.07, 6.45) is 4.12. The van der Waals surface area contributed by atoms with Crippen molar-refractivity contribution in [3.8, 4) is 0 Å². The van der Waals surface area contributed by atoms with E-state index in [0.717, 1.165) is 36.5 Å². The highest BCUT2D eigenvalue weighted by Gasteiger charge is 2.21. The van der Waals surface area contributed by atoms with Crippen LogP contribution in [0.3, 0.4) is 0 Å². The predicted octanol–water partition coefficient (Wildman–Crippen LogP) is 4.80. The Bertz CT molecular complexity index is 975. The number of anilines is 1. The summed E-state index contributed by atoms with van der Waals surface area (Å²) in [6, 6.07) is 15.1. The molecule has 1 heterocycles. The van der Waals surface area contributed by atoms with Crippen molar-refractivity contribution in [3.63, 3.8) is 0 Å². The van der Waals surface area contributed by atoms with E-state index >= 15 is 0 Å². The lowest BCUT2D eigenvalue weighted by Crippen LogP contribution is -2.38. The van der Waals surface area contributed by atoms with Gasteiger partial charge in [0.2, 0.25) is 5.91 Å². The fraction of sp³-hybridized carbons (Fsp3) is 0.348. The first-order valence-electron chi connectivity index (χ1n) is 10.1. The van der Waals surface area contributed by atoms with Crippen LogP contribution >= 0.6 is 0 Å². The number of aryl methyl sites for hydroxylation is 1. The van der Waals surface area contributed by atoms with Crippen molar-refractivity contribution in [2.45, 2.75) is 39.5 Å². The number of carbonyl (C=O) groups excluding carboxylic acids is 2. The second-order valence-corrected chi connectivity index (χ2v) is 7.19. The fourth-order valence-electron chi connectivity index (χ4n) is 3.35. The summed E-state index contributed by atoms with van der Waals surface area (Å²) in [4.78, 5) is 27.5. The molecule has 0 aliphatic rings. The Hall–Kier alpha value is -3.15. The van der Waals surface area contributed by atoms with Crippen LogP contribution in [-0.4, -0.2) is 35.0 Å². The third kappa shape index (κ3) is 5.44. The zero-order valence-electron chi connectivity index (χ0n) is 17.0. The topological polar surface area (TPSA) is 75.4 Å². The molecule has 0 unspecified atom stereocenters. The molecule has 0 fully saturated rings. The minimum atomic E-state index is -0.289. The first-order valence-corrected chi connectivity index (χ1v) is 10.1. The Morgan fingerprint density at radius 2 is 1.86 bits per heavy atom. The number of nitrogens with one attached hydrogen (secondary N) is 1. The van der Waals surface area contributed by atoms with E-state index in [2.05, 4.69) is 17.4 Å². The Balaban J connectivity index is 1.77. The Morgan fingerprint density at radius 3 is 2.62 bits per heavy atom. The van der Waals surface area contributed by atoms with Gasteiger partial charge in [-0.05, 0) is 30.2 Å². The number of rotatable bonds is 9. The second-order valence-electron chi connectivity index (χ2n) is 7.19. The van der Waals surface area contributed by atoms with Crippen LogP contribution in [0.4, 0.5) is 5.82 Å². The molecule has 0 atom stereocenters. The summed E-state index contributed by atoms with van der Waals surface area (Å²) in [6.45, 7) is 4.41. The summed E-state index contributed by atoms with van der Waals surface area (Å²) < 4.78 is 4.98. The third-order valence-corrected chi connectivity index (χ3v) is 4.82. The molecule has 1 N–H and O–H groups in total. The van der Waals surface area contributed by atoms with Gasteiger partial charge in [-0.3, -0.25) is 9.59 Å². The van der Waals surface area contributed by atoms with E-state index in [1.807, 2.05) is 42.5 Å². The molecule has 0 radical (unpaired) electrons. The molecule has 6 heteroatoms. The maximum absolute atomic E-state index is 13.3. The molecule has 0 saturated heterocycles. The van der Waals surface area contributed by atoms with Crippen molar-refractivity contribution in [2.75, 3.05) is 18.4 Å². The van der Waals surface area contributed by atoms with Gasteiger partial charge in [-0.15, -0.1) is 0 Å². The van der Waals surface area contributed by atoms with Crippen molar-refractivity contribution in [1.82, 2.24) is 10.1 Å². The minimum absolute atomic E-state index is 0.0277. The van der Waals surface area contributed by atoms with E-state index in [-0.39, 0.29) is 18.4 Å². The fourth-order valence-corrected chi connectivity index (χ4v) is 3.35. The van der Waals surface area contributed by atoms with Gasteiger partial charge in [0.05, 0.1) is 0 Å². The maximum Gasteiger partial charge on any atom is 0.254 e. The molecule has 0 spiro atoms. The van der Waals surface area contributed by atoms with Crippen molar-refractivity contribution in [1.29, 1.82) is 0 Å². The van der Waals surface area contributed by atoms with Gasteiger partial charge in [-0.1, -0.05) is 67.7 Å². The molecule has 2 aromatic carbocycles. The summed E-state index contributed by atoms with van der Waals surface area (Å²) in [5, 5.41) is 8.38. The number of fused-ring (bicyclic) bond motifs is 1. The summed E-state index contributed by atoms with van der Waals surface area (Å²) >= 11 is 0. The summed E-state index contributed by atoms with van der Waals surface area (Å²) in [5.41, 5.74) is 0.615. The number of amides is 2. The van der Waals surface area contributed by atoms with Gasteiger partial charge in [0.25, 0.3) is 5.91 Å². The number of benzene rings is 2. The molecule has 6 nitrogen and oxygen atoms in total. The van der Waals surface area contributed by atoms with Crippen molar-refractivity contribution < 1.29 is 14.1 Å². The van der Waals surface area contributed by atoms with Gasteiger partial charge < -0.3 is 14.7 Å². The summed E-state index contributed by atoms with van der Waals surface area (Å²) in [5.74, 6) is 0.548. The van der Waals surface area contributed by atoms with Gasteiger partial charge in [-0.25, -0.2) is 0 Å². The predicted molar refractivity (Wildman–Crippen MR) is 114 cm³/mol. The third-order valence-electron chi connectivity index (χ3n) is 4.82. The number of nitrogens with zero attached hydrogens (tertiary/aromatic N) is 2. The molecule has 0 bridgehead atoms. The van der Waals surface area contributed by atoms with Gasteiger partial charge in [0.1, 0.15) is 12.3 Å². The van der Waals surface area contributed by atoms with Gasteiger partial charge in [0, 0.05) is 18.2 Å². The van der Waals surface area contributed by atoms with Crippen LogP contribution < -0.4 is 5.32 Å². The lowest BCUT2D eigenvalue weighted by atomic mass is 10.0. The summed E-state index contributed by atoms with van der Waals surface area (Å²) in [7, 11) is 0. The molecule has 0 aliphatic carbocycles. The molecule has 152 valence electrons. The van der Waals surface area contributed by atoms with E-state index in [1.165, 1.54) is 0 Å². The number of carbonyl (C=O) groups is 2. The first-order chi connectivity index (χ1) is 14.1. The number of hydrogen-bond acceptors (Lipinski definition) is 4. The highest BCUT2D eigenvalue weighted by atomic mass is 16.5. The number of hydrogen-bond donors (Lipinski definition) is 1. The van der Waals surface area contributed by atoms with Crippen LogP contribution in [0.15, 0.2) is 53.1 Å². The smallest absolute Gasteiger partial charge is 0.254 e. The quantitative estimate of drug-likeness (QED) is 0.530. The molecule has 2 amide bonds. The van der Waals surface area contributed by atoms with Crippen LogP contribution in [0.25, 0.3) is 10.8 Å². The molecule has 29 heavy (non-hydrogen) atoms. The zero-order valence-corrected chi connectivity index (χ0v) is 17.0. The van der Waals surface area contributed by atoms with Gasteiger partial charge in [-0.2, -0.15) is 0 Å². The zero-order chi connectivity index (χ0) is 20.6. The van der Waals surface area contributed by atoms with Crippen LogP contribution in [0, 0.1) is 6.92 Å². The number of unbranched alkanes of at least 4 members (excludes halogenated alkanes) is 3. The van der Waals surface area contributed by atoms with E-state index in [1.54, 1.807) is 17.9 Å². The first kappa shape index (κ1) is 20.6. The van der Waals surface area contributed by atoms with E-state index in [0.29, 0.717) is 23.7 Å². The van der Waals surface area contributed by atoms with E-state index in [9.17, 15) is 9.59 Å². The average Bonchev–Trinajstić information content (AvgIpc) is 3.13. The minimum Gasteiger partial charge on any atom is -0.360 e. The largest absolute Gasteiger partial charge is 0.360 e. The van der Waals surface area contributed by atoms with Crippen LogP contribution in [0.1, 0.15) is 48.7 Å². The average molecular weight is 393 g/mol. The Kier molecular flexibility index (Phi) is 7.00. The molecule has 3 aromatic rings. The molecule has 1 aromatic heterocycles. The van der Waals surface area contributed by atoms with E-state index < -0.39 is 0 Å². The highest BCUT2D eigenvalue weighted by molar-refractivity contribution is 6.08. The normalized spacial score (nSPS) is 10.8. The monoisotopic (exact) mass is 393 g/mol. The molecular weight excluding hydrogens is 366 g/mol. The van der Waals surface area contributed by atoms with Crippen molar-refractivity contribution in [3.05, 3.63) is 59.9 Å². The van der Waals surface area contributed by atoms with Crippen LogP contribution in [0.2, 0.25) is 0 Å². The Labute approximate surface area is 170 Å². The molecule has 0 aliphatic heterocycles. The SMILES string of the molecule is CCCCCCN(CC(=O)Nc1cc(C)on1)C(=O)c1cccc2ccccc12. The maximum atomic E-state index is 13.3. The Morgan fingerprint density at radius 1 is 1.07 bits per heavy atom. The van der Waals surface area contributed by atoms with Crippen molar-refractivity contribution >= 4 is 28.4 Å². The molecular formula is C23H27N3O3. The standard InChI is InChI=1S/C23H27N3O3/c1-3-4-5-8-14-26(16-22(27)24-21-15-17(2)29-25-21)23(28)20-13-9-11-18-10-6-7-12-19(18)20/h6-7,9-13,15H,3-5,8,14,16H2,1-2H3,(H,24,25,27). The lowest BCUT2D eigenvalue weighted by molar-refractivity contribution is -0.117. The van der Waals surface area contributed by atoms with Crippen LogP contribution in [0.5, 0.6) is 0 Å². The molecule has 3 rings (SSSR count). The van der Waals surface area contributed by atoms with Crippen molar-refractivity contribution in [2.24, 2.45) is 0 Å². The van der Waals surface area contributed by atoms with Gasteiger partial charge in [0.15, 0.2) is 5.82 Å². The lowest BCUT2D eigenvalue weighted by Gasteiger charge is -2.23. The van der Waals surface area contributed by atoms with E-state index in [4.69, 9.17) is 4.52 Å². The second kappa shape index (κ2) is 9.87. The van der Waals surface area contributed by atoms with Gasteiger partial charge >= 0.3 is 0 Å². The van der Waals surface area contributed by atoms with Crippen LogP contribution in [-0.2, 0) is 4.79 Å². The highest BCUT2D eigenvalue weighted by Crippen LogP contribution is 2.20. The molecule has 0 saturated carbocycles.